The second-order valence-corrected chi connectivity index (χ2v) is 7.35. The van der Waals surface area contributed by atoms with Crippen LogP contribution in [0.2, 0.25) is 0 Å². The van der Waals surface area contributed by atoms with Crippen molar-refractivity contribution < 1.29 is 22.7 Å². The number of benzene rings is 3. The number of nitrogens with one attached hydrogen (secondary N) is 2. The van der Waals surface area contributed by atoms with Crippen LogP contribution in [-0.4, -0.2) is 20.7 Å². The first kappa shape index (κ1) is 20.6. The van der Waals surface area contributed by atoms with E-state index < -0.39 is 23.1 Å². The predicted molar refractivity (Wildman–Crippen MR) is 117 cm³/mol. The average Bonchev–Trinajstić information content (AvgIpc) is 3.46. The smallest absolute Gasteiger partial charge is 0.417 e. The molecule has 2 heterocycles. The normalized spacial score (nSPS) is 11.6. The maximum Gasteiger partial charge on any atom is 0.417 e. The number of rotatable bonds is 5. The Morgan fingerprint density at radius 2 is 1.64 bits per heavy atom. The average molecular weight is 447 g/mol. The van der Waals surface area contributed by atoms with Crippen LogP contribution in [0.15, 0.2) is 85.1 Å². The summed E-state index contributed by atoms with van der Waals surface area (Å²) in [5, 5.41) is 0. The zero-order valence-electron chi connectivity index (χ0n) is 17.0. The number of nitrogens with zero attached hydrogens (tertiary/aromatic N) is 1. The van der Waals surface area contributed by atoms with Crippen LogP contribution >= 0.6 is 0 Å². The largest absolute Gasteiger partial charge is 0.457 e. The highest BCUT2D eigenvalue weighted by Gasteiger charge is 2.35. The van der Waals surface area contributed by atoms with Gasteiger partial charge < -0.3 is 14.7 Å². The maximum absolute atomic E-state index is 13.3. The van der Waals surface area contributed by atoms with Crippen molar-refractivity contribution in [1.82, 2.24) is 15.0 Å². The number of para-hydroxylation sites is 1. The Morgan fingerprint density at radius 3 is 2.42 bits per heavy atom. The standard InChI is InChI=1S/C25H16F3N3O2/c26-25(27,28)19-9-5-4-8-18(19)23(32)15-12-22(29-14-15)24-30-20-11-10-17(13-21(20)31-24)33-16-6-2-1-3-7-16/h1-14,29H,(H,30,31). The molecule has 164 valence electrons. The van der Waals surface area contributed by atoms with Crippen molar-refractivity contribution >= 4 is 16.8 Å². The number of aromatic nitrogens is 3. The van der Waals surface area contributed by atoms with E-state index in [4.69, 9.17) is 4.74 Å². The summed E-state index contributed by atoms with van der Waals surface area (Å²) >= 11 is 0. The molecule has 2 aromatic heterocycles. The van der Waals surface area contributed by atoms with Crippen LogP contribution in [0.4, 0.5) is 13.2 Å². The molecule has 2 N–H and O–H groups in total. The molecule has 8 heteroatoms. The molecule has 0 bridgehead atoms. The Balaban J connectivity index is 1.43. The molecule has 0 atom stereocenters. The Morgan fingerprint density at radius 1 is 0.879 bits per heavy atom. The third kappa shape index (κ3) is 4.10. The Labute approximate surface area is 185 Å². The molecule has 0 amide bonds. The predicted octanol–water partition coefficient (Wildman–Crippen LogP) is 6.60. The van der Waals surface area contributed by atoms with Crippen LogP contribution in [0.3, 0.4) is 0 Å². The summed E-state index contributed by atoms with van der Waals surface area (Å²) in [7, 11) is 0. The van der Waals surface area contributed by atoms with Crippen molar-refractivity contribution in [3.05, 3.63) is 102 Å². The fraction of sp³-hybridized carbons (Fsp3) is 0.0400. The second-order valence-electron chi connectivity index (χ2n) is 7.35. The van der Waals surface area contributed by atoms with E-state index in [1.165, 1.54) is 30.5 Å². The number of ketones is 1. The first-order valence-electron chi connectivity index (χ1n) is 10.0. The van der Waals surface area contributed by atoms with E-state index in [1.807, 2.05) is 30.3 Å². The number of hydrogen-bond donors (Lipinski definition) is 2. The lowest BCUT2D eigenvalue weighted by Crippen LogP contribution is -2.13. The van der Waals surface area contributed by atoms with Crippen LogP contribution in [0.5, 0.6) is 11.5 Å². The molecule has 0 radical (unpaired) electrons. The summed E-state index contributed by atoms with van der Waals surface area (Å²) in [4.78, 5) is 23.4. The van der Waals surface area contributed by atoms with Crippen molar-refractivity contribution in [3.63, 3.8) is 0 Å². The zero-order valence-corrected chi connectivity index (χ0v) is 17.0. The monoisotopic (exact) mass is 447 g/mol. The summed E-state index contributed by atoms with van der Waals surface area (Å²) in [5.74, 6) is 1.04. The van der Waals surface area contributed by atoms with Gasteiger partial charge in [-0.1, -0.05) is 36.4 Å². The first-order valence-corrected chi connectivity index (χ1v) is 10.0. The number of alkyl halides is 3. The minimum Gasteiger partial charge on any atom is -0.457 e. The van der Waals surface area contributed by atoms with Gasteiger partial charge in [0, 0.05) is 23.4 Å². The molecular weight excluding hydrogens is 431 g/mol. The Hall–Kier alpha value is -4.33. The second kappa shape index (κ2) is 7.98. The summed E-state index contributed by atoms with van der Waals surface area (Å²) in [6.45, 7) is 0. The van der Waals surface area contributed by atoms with Gasteiger partial charge >= 0.3 is 6.18 Å². The van der Waals surface area contributed by atoms with Crippen molar-refractivity contribution in [1.29, 1.82) is 0 Å². The molecule has 0 saturated heterocycles. The van der Waals surface area contributed by atoms with Crippen LogP contribution in [0.1, 0.15) is 21.5 Å². The van der Waals surface area contributed by atoms with Crippen molar-refractivity contribution in [2.24, 2.45) is 0 Å². The molecule has 0 unspecified atom stereocenters. The van der Waals surface area contributed by atoms with Gasteiger partial charge in [-0.3, -0.25) is 4.79 Å². The topological polar surface area (TPSA) is 70.8 Å². The van der Waals surface area contributed by atoms with Crippen LogP contribution < -0.4 is 4.74 Å². The molecule has 5 nitrogen and oxygen atoms in total. The minimum absolute atomic E-state index is 0.107. The molecule has 3 aromatic carbocycles. The van der Waals surface area contributed by atoms with Crippen LogP contribution in [0.25, 0.3) is 22.6 Å². The number of ether oxygens (including phenoxy) is 1. The lowest BCUT2D eigenvalue weighted by atomic mass is 9.99. The third-order valence-corrected chi connectivity index (χ3v) is 5.11. The first-order chi connectivity index (χ1) is 15.9. The highest BCUT2D eigenvalue weighted by atomic mass is 19.4. The highest BCUT2D eigenvalue weighted by molar-refractivity contribution is 6.10. The lowest BCUT2D eigenvalue weighted by molar-refractivity contribution is -0.137. The number of halogens is 3. The Bertz CT molecular complexity index is 1450. The van der Waals surface area contributed by atoms with Crippen molar-refractivity contribution in [2.75, 3.05) is 0 Å². The Kier molecular flexibility index (Phi) is 4.97. The third-order valence-electron chi connectivity index (χ3n) is 5.11. The molecule has 5 rings (SSSR count). The molecule has 0 aliphatic carbocycles. The van der Waals surface area contributed by atoms with Gasteiger partial charge in [-0.05, 0) is 36.4 Å². The van der Waals surface area contributed by atoms with Crippen molar-refractivity contribution in [3.8, 4) is 23.0 Å². The number of fused-ring (bicyclic) bond motifs is 1. The summed E-state index contributed by atoms with van der Waals surface area (Å²) in [6, 6.07) is 20.9. The van der Waals surface area contributed by atoms with E-state index in [9.17, 15) is 18.0 Å². The van der Waals surface area contributed by atoms with E-state index in [0.29, 0.717) is 34.1 Å². The number of H-pyrrole nitrogens is 2. The van der Waals surface area contributed by atoms with Gasteiger partial charge in [-0.15, -0.1) is 0 Å². The van der Waals surface area contributed by atoms with Gasteiger partial charge in [0.2, 0.25) is 0 Å². The number of hydrogen-bond acceptors (Lipinski definition) is 3. The van der Waals surface area contributed by atoms with Crippen LogP contribution in [-0.2, 0) is 6.18 Å². The lowest BCUT2D eigenvalue weighted by Gasteiger charge is -2.10. The molecule has 5 aromatic rings. The van der Waals surface area contributed by atoms with E-state index in [1.54, 1.807) is 18.2 Å². The highest BCUT2D eigenvalue weighted by Crippen LogP contribution is 2.33. The number of aromatic amines is 2. The number of imidazole rings is 1. The van der Waals surface area contributed by atoms with E-state index in [0.717, 1.165) is 6.07 Å². The van der Waals surface area contributed by atoms with Crippen LogP contribution in [0, 0.1) is 0 Å². The molecular formula is C25H16F3N3O2. The quantitative estimate of drug-likeness (QED) is 0.298. The van der Waals surface area contributed by atoms with Gasteiger partial charge in [-0.25, -0.2) is 4.98 Å². The van der Waals surface area contributed by atoms with Gasteiger partial charge in [0.25, 0.3) is 0 Å². The summed E-state index contributed by atoms with van der Waals surface area (Å²) in [6.07, 6.45) is -3.24. The minimum atomic E-state index is -4.62. The zero-order chi connectivity index (χ0) is 23.0. The molecule has 33 heavy (non-hydrogen) atoms. The number of carbonyl (C=O) groups is 1. The van der Waals surface area contributed by atoms with Gasteiger partial charge in [-0.2, -0.15) is 13.2 Å². The maximum atomic E-state index is 13.3. The van der Waals surface area contributed by atoms with E-state index >= 15 is 0 Å². The number of carbonyl (C=O) groups excluding carboxylic acids is 1. The molecule has 0 saturated carbocycles. The molecule has 0 aliphatic rings. The molecule has 0 spiro atoms. The van der Waals surface area contributed by atoms with Crippen molar-refractivity contribution in [2.45, 2.75) is 6.18 Å². The van der Waals surface area contributed by atoms with E-state index in [-0.39, 0.29) is 5.56 Å². The van der Waals surface area contributed by atoms with Gasteiger partial charge in [0.15, 0.2) is 11.6 Å². The summed E-state index contributed by atoms with van der Waals surface area (Å²) < 4.78 is 45.7. The SMILES string of the molecule is O=C(c1c[nH]c(-c2nc3ccc(Oc4ccccc4)cc3[nH]2)c1)c1ccccc1C(F)(F)F. The fourth-order valence-corrected chi connectivity index (χ4v) is 3.55. The molecule has 0 fully saturated rings. The molecule has 0 aliphatic heterocycles. The fourth-order valence-electron chi connectivity index (χ4n) is 3.55. The van der Waals surface area contributed by atoms with E-state index in [2.05, 4.69) is 15.0 Å². The summed E-state index contributed by atoms with van der Waals surface area (Å²) in [5.41, 5.74) is 0.605. The van der Waals surface area contributed by atoms with Gasteiger partial charge in [0.1, 0.15) is 11.5 Å². The van der Waals surface area contributed by atoms with Gasteiger partial charge in [0.05, 0.1) is 22.3 Å².